The van der Waals surface area contributed by atoms with Crippen LogP contribution in [0.15, 0.2) is 40.9 Å². The zero-order chi connectivity index (χ0) is 15.6. The second kappa shape index (κ2) is 6.64. The van der Waals surface area contributed by atoms with E-state index in [1.165, 1.54) is 6.07 Å². The predicted octanol–water partition coefficient (Wildman–Crippen LogP) is 5.84. The number of halogens is 3. The van der Waals surface area contributed by atoms with E-state index in [1.807, 2.05) is 13.0 Å². The molecule has 7 heteroatoms. The predicted molar refractivity (Wildman–Crippen MR) is 89.3 cm³/mol. The van der Waals surface area contributed by atoms with Gasteiger partial charge in [-0.15, -0.1) is 0 Å². The van der Waals surface area contributed by atoms with E-state index < -0.39 is 4.92 Å². The third-order valence-electron chi connectivity index (χ3n) is 2.98. The Bertz CT molecular complexity index is 695. The summed E-state index contributed by atoms with van der Waals surface area (Å²) in [6.07, 6.45) is 0. The number of nitrogens with one attached hydrogen (secondary N) is 1. The minimum absolute atomic E-state index is 0.00521. The van der Waals surface area contributed by atoms with E-state index in [9.17, 15) is 10.1 Å². The first kappa shape index (κ1) is 16.1. The molecule has 0 aliphatic heterocycles. The summed E-state index contributed by atoms with van der Waals surface area (Å²) in [5.41, 5.74) is 1.20. The van der Waals surface area contributed by atoms with E-state index in [0.717, 1.165) is 5.56 Å². The smallest absolute Gasteiger partial charge is 0.293 e. The lowest BCUT2D eigenvalue weighted by Crippen LogP contribution is -2.09. The van der Waals surface area contributed by atoms with Crippen LogP contribution in [0, 0.1) is 10.1 Å². The van der Waals surface area contributed by atoms with E-state index in [1.54, 1.807) is 24.3 Å². The SMILES string of the molecule is CC(Nc1ccc(Br)cc1[N+](=O)[O-])c1cccc(Cl)c1Cl. The summed E-state index contributed by atoms with van der Waals surface area (Å²) in [7, 11) is 0. The lowest BCUT2D eigenvalue weighted by molar-refractivity contribution is -0.384. The average molecular weight is 390 g/mol. The molecule has 2 aromatic rings. The number of nitro benzene ring substituents is 1. The van der Waals surface area contributed by atoms with Crippen molar-refractivity contribution in [1.29, 1.82) is 0 Å². The Labute approximate surface area is 140 Å². The van der Waals surface area contributed by atoms with Crippen LogP contribution in [0.1, 0.15) is 18.5 Å². The fourth-order valence-corrected chi connectivity index (χ4v) is 2.76. The molecule has 0 heterocycles. The van der Waals surface area contributed by atoms with E-state index in [-0.39, 0.29) is 11.7 Å². The molecule has 110 valence electrons. The van der Waals surface area contributed by atoms with Crippen molar-refractivity contribution in [3.05, 3.63) is 66.6 Å². The topological polar surface area (TPSA) is 55.2 Å². The van der Waals surface area contributed by atoms with Crippen molar-refractivity contribution in [1.82, 2.24) is 0 Å². The Morgan fingerprint density at radius 2 is 2.00 bits per heavy atom. The van der Waals surface area contributed by atoms with Gasteiger partial charge in [0.25, 0.3) is 5.69 Å². The third-order valence-corrected chi connectivity index (χ3v) is 4.30. The van der Waals surface area contributed by atoms with Crippen molar-refractivity contribution in [3.8, 4) is 0 Å². The Hall–Kier alpha value is -1.30. The molecule has 0 amide bonds. The second-order valence-electron chi connectivity index (χ2n) is 4.43. The van der Waals surface area contributed by atoms with Crippen LogP contribution in [0.3, 0.4) is 0 Å². The van der Waals surface area contributed by atoms with Crippen LogP contribution in [0.2, 0.25) is 10.0 Å². The Kier molecular flexibility index (Phi) is 5.08. The highest BCUT2D eigenvalue weighted by molar-refractivity contribution is 9.10. The molecular formula is C14H11BrCl2N2O2. The average Bonchev–Trinajstić information content (AvgIpc) is 2.43. The fraction of sp³-hybridized carbons (Fsp3) is 0.143. The second-order valence-corrected chi connectivity index (χ2v) is 6.13. The van der Waals surface area contributed by atoms with E-state index in [4.69, 9.17) is 23.2 Å². The Morgan fingerprint density at radius 1 is 1.29 bits per heavy atom. The van der Waals surface area contributed by atoms with E-state index >= 15 is 0 Å². The number of hydrogen-bond donors (Lipinski definition) is 1. The summed E-state index contributed by atoms with van der Waals surface area (Å²) in [5, 5.41) is 15.1. The van der Waals surface area contributed by atoms with Crippen molar-refractivity contribution >= 4 is 50.5 Å². The van der Waals surface area contributed by atoms with Gasteiger partial charge in [0, 0.05) is 10.5 Å². The maximum Gasteiger partial charge on any atom is 0.293 e. The highest BCUT2D eigenvalue weighted by atomic mass is 79.9. The number of nitrogens with zero attached hydrogens (tertiary/aromatic N) is 1. The molecule has 0 aliphatic carbocycles. The lowest BCUT2D eigenvalue weighted by Gasteiger charge is -2.17. The summed E-state index contributed by atoms with van der Waals surface area (Å²) >= 11 is 15.4. The van der Waals surface area contributed by atoms with Crippen LogP contribution in [0.25, 0.3) is 0 Å². The molecule has 4 nitrogen and oxygen atoms in total. The van der Waals surface area contributed by atoms with Gasteiger partial charge in [0.15, 0.2) is 0 Å². The maximum absolute atomic E-state index is 11.1. The molecule has 0 bridgehead atoms. The number of anilines is 1. The van der Waals surface area contributed by atoms with Gasteiger partial charge in [-0.05, 0) is 30.7 Å². The largest absolute Gasteiger partial charge is 0.373 e. The van der Waals surface area contributed by atoms with Crippen molar-refractivity contribution in [2.24, 2.45) is 0 Å². The van der Waals surface area contributed by atoms with Crippen molar-refractivity contribution in [2.75, 3.05) is 5.32 Å². The molecule has 0 radical (unpaired) electrons. The van der Waals surface area contributed by atoms with Crippen LogP contribution in [0.4, 0.5) is 11.4 Å². The molecular weight excluding hydrogens is 379 g/mol. The van der Waals surface area contributed by atoms with E-state index in [0.29, 0.717) is 20.2 Å². The molecule has 1 unspecified atom stereocenters. The quantitative estimate of drug-likeness (QED) is 0.528. The summed E-state index contributed by atoms with van der Waals surface area (Å²) in [4.78, 5) is 10.7. The molecule has 21 heavy (non-hydrogen) atoms. The molecule has 2 aromatic carbocycles. The van der Waals surface area contributed by atoms with Crippen LogP contribution >= 0.6 is 39.1 Å². The van der Waals surface area contributed by atoms with Gasteiger partial charge in [-0.3, -0.25) is 10.1 Å². The van der Waals surface area contributed by atoms with Crippen LogP contribution in [-0.2, 0) is 0 Å². The number of nitro groups is 1. The molecule has 0 aromatic heterocycles. The molecule has 1 N–H and O–H groups in total. The number of benzene rings is 2. The maximum atomic E-state index is 11.1. The minimum Gasteiger partial charge on any atom is -0.373 e. The third kappa shape index (κ3) is 3.67. The van der Waals surface area contributed by atoms with Gasteiger partial charge < -0.3 is 5.32 Å². The molecule has 0 fully saturated rings. The number of hydrogen-bond acceptors (Lipinski definition) is 3. The van der Waals surface area contributed by atoms with Gasteiger partial charge in [-0.1, -0.05) is 51.3 Å². The zero-order valence-corrected chi connectivity index (χ0v) is 14.0. The molecule has 0 saturated carbocycles. The molecule has 0 aliphatic rings. The van der Waals surface area contributed by atoms with Gasteiger partial charge in [0.05, 0.1) is 21.0 Å². The van der Waals surface area contributed by atoms with Crippen molar-refractivity contribution in [3.63, 3.8) is 0 Å². The summed E-state index contributed by atoms with van der Waals surface area (Å²) in [6.45, 7) is 1.86. The standard InChI is InChI=1S/C14H11BrCl2N2O2/c1-8(10-3-2-4-11(16)14(10)17)18-12-6-5-9(15)7-13(12)19(20)21/h2-8,18H,1H3. The van der Waals surface area contributed by atoms with E-state index in [2.05, 4.69) is 21.2 Å². The summed E-state index contributed by atoms with van der Waals surface area (Å²) < 4.78 is 0.646. The molecule has 0 saturated heterocycles. The van der Waals surface area contributed by atoms with Gasteiger partial charge in [0.1, 0.15) is 5.69 Å². The fourth-order valence-electron chi connectivity index (χ4n) is 1.94. The van der Waals surface area contributed by atoms with Gasteiger partial charge in [-0.25, -0.2) is 0 Å². The molecule has 1 atom stereocenters. The van der Waals surface area contributed by atoms with Gasteiger partial charge >= 0.3 is 0 Å². The molecule has 2 rings (SSSR count). The lowest BCUT2D eigenvalue weighted by atomic mass is 10.1. The van der Waals surface area contributed by atoms with Crippen molar-refractivity contribution < 1.29 is 4.92 Å². The van der Waals surface area contributed by atoms with Crippen LogP contribution < -0.4 is 5.32 Å². The summed E-state index contributed by atoms with van der Waals surface area (Å²) in [5.74, 6) is 0. The number of rotatable bonds is 4. The Balaban J connectivity index is 2.34. The zero-order valence-electron chi connectivity index (χ0n) is 10.9. The normalized spacial score (nSPS) is 12.0. The highest BCUT2D eigenvalue weighted by Crippen LogP contribution is 2.34. The van der Waals surface area contributed by atoms with Crippen LogP contribution in [-0.4, -0.2) is 4.92 Å². The van der Waals surface area contributed by atoms with Gasteiger partial charge in [-0.2, -0.15) is 0 Å². The summed E-state index contributed by atoms with van der Waals surface area (Å²) in [6, 6.07) is 9.93. The van der Waals surface area contributed by atoms with Crippen molar-refractivity contribution in [2.45, 2.75) is 13.0 Å². The van der Waals surface area contributed by atoms with Crippen LogP contribution in [0.5, 0.6) is 0 Å². The van der Waals surface area contributed by atoms with Gasteiger partial charge in [0.2, 0.25) is 0 Å². The first-order chi connectivity index (χ1) is 9.90. The Morgan fingerprint density at radius 3 is 2.67 bits per heavy atom. The first-order valence-electron chi connectivity index (χ1n) is 6.04. The molecule has 0 spiro atoms. The highest BCUT2D eigenvalue weighted by Gasteiger charge is 2.18. The minimum atomic E-state index is -0.431. The first-order valence-corrected chi connectivity index (χ1v) is 7.59. The monoisotopic (exact) mass is 388 g/mol.